The number of para-hydroxylation sites is 1. The van der Waals surface area contributed by atoms with Gasteiger partial charge in [0.1, 0.15) is 0 Å². The summed E-state index contributed by atoms with van der Waals surface area (Å²) in [6.07, 6.45) is 0. The Morgan fingerprint density at radius 1 is 0.265 bits per heavy atom. The Kier molecular flexibility index (Phi) is 4.77. The highest BCUT2D eigenvalue weighted by Gasteiger charge is 2.27. The fourth-order valence-corrected chi connectivity index (χ4v) is 9.23. The molecule has 49 heavy (non-hydrogen) atoms. The van der Waals surface area contributed by atoms with Gasteiger partial charge in [-0.1, -0.05) is 133 Å². The molecule has 0 heterocycles. The second-order valence-electron chi connectivity index (χ2n) is 13.6. The lowest BCUT2D eigenvalue weighted by Crippen LogP contribution is -2.10. The monoisotopic (exact) mass is 617 g/mol. The summed E-state index contributed by atoms with van der Waals surface area (Å²) in [5.74, 6) is 0. The molecule has 0 aliphatic heterocycles. The van der Waals surface area contributed by atoms with Crippen LogP contribution in [0.4, 0.5) is 17.1 Å². The molecule has 224 valence electrons. The van der Waals surface area contributed by atoms with Gasteiger partial charge in [0.25, 0.3) is 0 Å². The molecule has 0 unspecified atom stereocenters. The van der Waals surface area contributed by atoms with Crippen molar-refractivity contribution in [3.05, 3.63) is 164 Å². The molecule has 11 aromatic rings. The quantitative estimate of drug-likeness (QED) is 0.141. The number of fused-ring (bicyclic) bond motifs is 5. The SMILES string of the molecule is c1ccc(N(c2ccc3c(c2)-c2ccc4c5cccc6cccc(c7ccc-3c2c74)c65)c2ccc3ccc4cccc5ccc2c3c45)cc1. The van der Waals surface area contributed by atoms with E-state index in [0.717, 1.165) is 11.4 Å². The molecule has 0 spiro atoms. The van der Waals surface area contributed by atoms with E-state index in [4.69, 9.17) is 0 Å². The first-order valence-electron chi connectivity index (χ1n) is 17.1. The molecular formula is C48H27N. The third-order valence-corrected chi connectivity index (χ3v) is 11.2. The fourth-order valence-electron chi connectivity index (χ4n) is 9.23. The van der Waals surface area contributed by atoms with E-state index < -0.39 is 0 Å². The summed E-state index contributed by atoms with van der Waals surface area (Å²) in [6, 6.07) is 61.2. The van der Waals surface area contributed by atoms with E-state index in [1.807, 2.05) is 0 Å². The predicted octanol–water partition coefficient (Wildman–Crippen LogP) is 13.8. The van der Waals surface area contributed by atoms with Crippen molar-refractivity contribution in [2.75, 3.05) is 4.90 Å². The molecule has 0 atom stereocenters. The van der Waals surface area contributed by atoms with Gasteiger partial charge in [-0.2, -0.15) is 0 Å². The van der Waals surface area contributed by atoms with Gasteiger partial charge in [0.05, 0.1) is 5.69 Å². The van der Waals surface area contributed by atoms with Crippen LogP contribution in [0.15, 0.2) is 164 Å². The van der Waals surface area contributed by atoms with Crippen molar-refractivity contribution in [1.82, 2.24) is 0 Å². The van der Waals surface area contributed by atoms with Crippen LogP contribution in [-0.4, -0.2) is 0 Å². The topological polar surface area (TPSA) is 3.24 Å². The molecule has 0 radical (unpaired) electrons. The highest BCUT2D eigenvalue weighted by molar-refractivity contribution is 6.37. The van der Waals surface area contributed by atoms with E-state index >= 15 is 0 Å². The fraction of sp³-hybridized carbons (Fsp3) is 0. The molecule has 0 aromatic heterocycles. The van der Waals surface area contributed by atoms with Gasteiger partial charge in [-0.15, -0.1) is 0 Å². The number of hydrogen-bond acceptors (Lipinski definition) is 1. The first kappa shape index (κ1) is 25.6. The first-order chi connectivity index (χ1) is 24.3. The average molecular weight is 618 g/mol. The van der Waals surface area contributed by atoms with E-state index in [1.165, 1.54) is 103 Å². The second-order valence-corrected chi connectivity index (χ2v) is 13.6. The molecule has 0 saturated heterocycles. The highest BCUT2D eigenvalue weighted by Crippen LogP contribution is 2.54. The number of hydrogen-bond donors (Lipinski definition) is 0. The first-order valence-corrected chi connectivity index (χ1v) is 17.1. The zero-order valence-electron chi connectivity index (χ0n) is 26.5. The van der Waals surface area contributed by atoms with Crippen molar-refractivity contribution in [3.63, 3.8) is 0 Å². The Morgan fingerprint density at radius 3 is 1.55 bits per heavy atom. The summed E-state index contributed by atoms with van der Waals surface area (Å²) >= 11 is 0. The Hall–Kier alpha value is -6.44. The van der Waals surface area contributed by atoms with Crippen LogP contribution in [0, 0.1) is 0 Å². The average Bonchev–Trinajstić information content (AvgIpc) is 3.49. The van der Waals surface area contributed by atoms with Crippen molar-refractivity contribution in [1.29, 1.82) is 0 Å². The van der Waals surface area contributed by atoms with Crippen molar-refractivity contribution in [2.24, 2.45) is 0 Å². The van der Waals surface area contributed by atoms with Crippen molar-refractivity contribution < 1.29 is 0 Å². The lowest BCUT2D eigenvalue weighted by molar-refractivity contribution is 1.30. The Bertz CT molecular complexity index is 3090. The molecule has 0 fully saturated rings. The summed E-state index contributed by atoms with van der Waals surface area (Å²) < 4.78 is 0. The molecule has 0 N–H and O–H groups in total. The third kappa shape index (κ3) is 3.25. The van der Waals surface area contributed by atoms with E-state index in [0.29, 0.717) is 0 Å². The maximum atomic E-state index is 2.45. The minimum atomic E-state index is 1.15. The zero-order valence-corrected chi connectivity index (χ0v) is 26.5. The highest BCUT2D eigenvalue weighted by atomic mass is 15.1. The van der Waals surface area contributed by atoms with Gasteiger partial charge in [0.2, 0.25) is 0 Å². The van der Waals surface area contributed by atoms with Crippen LogP contribution in [0.3, 0.4) is 0 Å². The van der Waals surface area contributed by atoms with Crippen LogP contribution in [-0.2, 0) is 0 Å². The van der Waals surface area contributed by atoms with Gasteiger partial charge < -0.3 is 4.90 Å². The number of anilines is 3. The summed E-state index contributed by atoms with van der Waals surface area (Å²) in [5.41, 5.74) is 8.76. The van der Waals surface area contributed by atoms with Crippen molar-refractivity contribution >= 4 is 92.5 Å². The second kappa shape index (κ2) is 9.13. The van der Waals surface area contributed by atoms with Crippen LogP contribution in [0.25, 0.3) is 97.7 Å². The van der Waals surface area contributed by atoms with Crippen LogP contribution in [0.2, 0.25) is 0 Å². The normalized spacial score (nSPS) is 12.5. The van der Waals surface area contributed by atoms with Crippen LogP contribution >= 0.6 is 0 Å². The van der Waals surface area contributed by atoms with Gasteiger partial charge in [-0.25, -0.2) is 0 Å². The van der Waals surface area contributed by atoms with Crippen molar-refractivity contribution in [3.8, 4) is 22.3 Å². The molecule has 0 bridgehead atoms. The Labute approximate surface area is 282 Å². The standard InChI is InChI=1S/C48H27N/c1-2-11-32(12-3-1)49(43-26-18-31-16-15-29-7-4-8-30-17-20-41(43)46(31)44(29)30)33-19-21-34-37-22-23-38-35-13-5-9-28-10-6-14-36(45(28)35)39-24-25-40(42(34)27-33)47(37)48(38)39/h1-27H. The summed E-state index contributed by atoms with van der Waals surface area (Å²) in [7, 11) is 0. The minimum absolute atomic E-state index is 1.15. The smallest absolute Gasteiger partial charge is 0.0540 e. The molecule has 12 rings (SSSR count). The maximum Gasteiger partial charge on any atom is 0.0540 e. The lowest BCUT2D eigenvalue weighted by Gasteiger charge is -2.28. The maximum absolute atomic E-state index is 2.45. The molecule has 1 aliphatic rings. The van der Waals surface area contributed by atoms with E-state index in [9.17, 15) is 0 Å². The number of nitrogens with zero attached hydrogens (tertiary/aromatic N) is 1. The van der Waals surface area contributed by atoms with Gasteiger partial charge in [0, 0.05) is 16.8 Å². The summed E-state index contributed by atoms with van der Waals surface area (Å²) in [6.45, 7) is 0. The molecule has 1 heteroatoms. The summed E-state index contributed by atoms with van der Waals surface area (Å²) in [4.78, 5) is 2.45. The van der Waals surface area contributed by atoms with Crippen LogP contribution in [0.5, 0.6) is 0 Å². The third-order valence-electron chi connectivity index (χ3n) is 11.2. The Morgan fingerprint density at radius 2 is 0.816 bits per heavy atom. The van der Waals surface area contributed by atoms with E-state index in [2.05, 4.69) is 169 Å². The lowest BCUT2D eigenvalue weighted by atomic mass is 9.88. The van der Waals surface area contributed by atoms with Gasteiger partial charge in [0.15, 0.2) is 0 Å². The van der Waals surface area contributed by atoms with Crippen LogP contribution in [0.1, 0.15) is 0 Å². The van der Waals surface area contributed by atoms with E-state index in [1.54, 1.807) is 0 Å². The van der Waals surface area contributed by atoms with E-state index in [-0.39, 0.29) is 0 Å². The molecule has 0 saturated carbocycles. The van der Waals surface area contributed by atoms with Gasteiger partial charge in [-0.3, -0.25) is 0 Å². The number of benzene rings is 11. The van der Waals surface area contributed by atoms with Gasteiger partial charge >= 0.3 is 0 Å². The zero-order chi connectivity index (χ0) is 31.8. The van der Waals surface area contributed by atoms with Crippen molar-refractivity contribution in [2.45, 2.75) is 0 Å². The summed E-state index contributed by atoms with van der Waals surface area (Å²) in [5, 5.41) is 18.6. The molecule has 0 amide bonds. The minimum Gasteiger partial charge on any atom is -0.310 e. The molecule has 11 aromatic carbocycles. The largest absolute Gasteiger partial charge is 0.310 e. The predicted molar refractivity (Wildman–Crippen MR) is 210 cm³/mol. The Balaban J connectivity index is 1.13. The van der Waals surface area contributed by atoms with Gasteiger partial charge in [-0.05, 0) is 123 Å². The number of rotatable bonds is 3. The van der Waals surface area contributed by atoms with Crippen LogP contribution < -0.4 is 4.90 Å². The molecule has 1 aliphatic carbocycles. The molecular weight excluding hydrogens is 591 g/mol. The molecule has 1 nitrogen and oxygen atoms in total.